The molecule has 0 saturated heterocycles. The molecule has 0 aliphatic rings. The number of rotatable bonds is 3. The second-order valence-corrected chi connectivity index (χ2v) is 4.67. The summed E-state index contributed by atoms with van der Waals surface area (Å²) in [5, 5.41) is 2.63. The zero-order chi connectivity index (χ0) is 15.7. The minimum absolute atomic E-state index is 0.214. The number of fused-ring (bicyclic) bond motifs is 1. The summed E-state index contributed by atoms with van der Waals surface area (Å²) in [6.07, 6.45) is 0. The topological polar surface area (TPSA) is 121 Å². The van der Waals surface area contributed by atoms with Gasteiger partial charge in [-0.3, -0.25) is 9.59 Å². The number of anilines is 1. The first-order valence-electron chi connectivity index (χ1n) is 6.47. The Labute approximate surface area is 124 Å². The van der Waals surface area contributed by atoms with E-state index in [1.54, 1.807) is 36.4 Å². The van der Waals surface area contributed by atoms with Crippen LogP contribution < -0.4 is 16.7 Å². The van der Waals surface area contributed by atoms with Crippen LogP contribution in [0.15, 0.2) is 47.3 Å². The number of carbonyl (C=O) groups is 2. The Hall–Kier alpha value is -3.35. The van der Waals surface area contributed by atoms with Gasteiger partial charge in [-0.05, 0) is 24.3 Å². The van der Waals surface area contributed by atoms with Gasteiger partial charge in [-0.15, -0.1) is 0 Å². The van der Waals surface area contributed by atoms with Gasteiger partial charge < -0.3 is 21.0 Å². The van der Waals surface area contributed by atoms with Crippen LogP contribution >= 0.6 is 0 Å². The highest BCUT2D eigenvalue weighted by Gasteiger charge is 2.15. The van der Waals surface area contributed by atoms with Crippen molar-refractivity contribution in [2.45, 2.75) is 0 Å². The number of nitrogens with two attached hydrogens (primary N) is 1. The monoisotopic (exact) mass is 296 g/mol. The second-order valence-electron chi connectivity index (χ2n) is 4.67. The zero-order valence-electron chi connectivity index (χ0n) is 11.3. The van der Waals surface area contributed by atoms with E-state index in [1.165, 1.54) is 6.07 Å². The largest absolute Gasteiger partial charge is 0.366 e. The molecule has 0 aliphatic carbocycles. The van der Waals surface area contributed by atoms with Gasteiger partial charge >= 0.3 is 5.69 Å². The number of H-pyrrole nitrogens is 2. The molecule has 7 heteroatoms. The van der Waals surface area contributed by atoms with Crippen molar-refractivity contribution in [2.24, 2.45) is 5.73 Å². The van der Waals surface area contributed by atoms with Crippen LogP contribution in [0.4, 0.5) is 5.69 Å². The lowest BCUT2D eigenvalue weighted by atomic mass is 10.1. The van der Waals surface area contributed by atoms with Gasteiger partial charge in [-0.2, -0.15) is 0 Å². The molecule has 7 nitrogen and oxygen atoms in total. The van der Waals surface area contributed by atoms with Gasteiger partial charge in [0, 0.05) is 0 Å². The van der Waals surface area contributed by atoms with E-state index in [2.05, 4.69) is 15.3 Å². The summed E-state index contributed by atoms with van der Waals surface area (Å²) in [5.74, 6) is -1.08. The number of amides is 2. The molecular formula is C15H12N4O3. The molecule has 0 aliphatic heterocycles. The van der Waals surface area contributed by atoms with Crippen molar-refractivity contribution in [1.29, 1.82) is 0 Å². The maximum atomic E-state index is 12.4. The number of benzene rings is 2. The van der Waals surface area contributed by atoms with Crippen LogP contribution in [0.3, 0.4) is 0 Å². The molecule has 0 atom stereocenters. The van der Waals surface area contributed by atoms with E-state index < -0.39 is 17.5 Å². The van der Waals surface area contributed by atoms with Gasteiger partial charge in [0.2, 0.25) is 0 Å². The van der Waals surface area contributed by atoms with Crippen LogP contribution in [-0.2, 0) is 0 Å². The fourth-order valence-corrected chi connectivity index (χ4v) is 2.24. The van der Waals surface area contributed by atoms with Gasteiger partial charge in [0.1, 0.15) is 0 Å². The van der Waals surface area contributed by atoms with Crippen molar-refractivity contribution < 1.29 is 9.59 Å². The normalized spacial score (nSPS) is 10.5. The van der Waals surface area contributed by atoms with Gasteiger partial charge in [-0.1, -0.05) is 18.2 Å². The molecule has 22 heavy (non-hydrogen) atoms. The minimum Gasteiger partial charge on any atom is -0.366 e. The highest BCUT2D eigenvalue weighted by atomic mass is 16.2. The Morgan fingerprint density at radius 3 is 2.45 bits per heavy atom. The summed E-state index contributed by atoms with van der Waals surface area (Å²) in [6.45, 7) is 0. The molecule has 0 fully saturated rings. The third-order valence-electron chi connectivity index (χ3n) is 3.24. The highest BCUT2D eigenvalue weighted by molar-refractivity contribution is 6.13. The summed E-state index contributed by atoms with van der Waals surface area (Å²) in [6, 6.07) is 11.4. The number of aromatic amines is 2. The SMILES string of the molecule is NC(=O)c1ccccc1NC(=O)c1cccc2[nH]c(=O)[nH]c12. The summed E-state index contributed by atoms with van der Waals surface area (Å²) in [5.41, 5.74) is 6.63. The fourth-order valence-electron chi connectivity index (χ4n) is 2.24. The van der Waals surface area contributed by atoms with Crippen molar-refractivity contribution in [3.63, 3.8) is 0 Å². The maximum Gasteiger partial charge on any atom is 0.323 e. The molecule has 5 N–H and O–H groups in total. The third-order valence-corrected chi connectivity index (χ3v) is 3.24. The van der Waals surface area contributed by atoms with Gasteiger partial charge in [0.15, 0.2) is 0 Å². The van der Waals surface area contributed by atoms with Crippen LogP contribution in [-0.4, -0.2) is 21.8 Å². The van der Waals surface area contributed by atoms with Crippen molar-refractivity contribution in [2.75, 3.05) is 5.32 Å². The smallest absolute Gasteiger partial charge is 0.323 e. The number of hydrogen-bond acceptors (Lipinski definition) is 3. The van der Waals surface area contributed by atoms with Crippen LogP contribution in [0.5, 0.6) is 0 Å². The Morgan fingerprint density at radius 2 is 1.68 bits per heavy atom. The predicted molar refractivity (Wildman–Crippen MR) is 81.8 cm³/mol. The van der Waals surface area contributed by atoms with Crippen LogP contribution in [0.1, 0.15) is 20.7 Å². The van der Waals surface area contributed by atoms with Crippen molar-refractivity contribution >= 4 is 28.5 Å². The van der Waals surface area contributed by atoms with E-state index in [0.717, 1.165) is 0 Å². The van der Waals surface area contributed by atoms with E-state index >= 15 is 0 Å². The molecule has 0 bridgehead atoms. The predicted octanol–water partition coefficient (Wildman–Crippen LogP) is 1.21. The van der Waals surface area contributed by atoms with Crippen molar-refractivity contribution in [1.82, 2.24) is 9.97 Å². The number of hydrogen-bond donors (Lipinski definition) is 4. The number of aromatic nitrogens is 2. The fraction of sp³-hybridized carbons (Fsp3) is 0. The summed E-state index contributed by atoms with van der Waals surface area (Å²) in [7, 11) is 0. The van der Waals surface area contributed by atoms with E-state index in [1.807, 2.05) is 0 Å². The van der Waals surface area contributed by atoms with Gasteiger partial charge in [0.05, 0.1) is 27.8 Å². The molecule has 0 unspecified atom stereocenters. The van der Waals surface area contributed by atoms with Crippen molar-refractivity contribution in [3.05, 3.63) is 64.1 Å². The van der Waals surface area contributed by atoms with Crippen LogP contribution in [0.25, 0.3) is 11.0 Å². The average Bonchev–Trinajstić information content (AvgIpc) is 2.87. The molecule has 2 aromatic carbocycles. The maximum absolute atomic E-state index is 12.4. The van der Waals surface area contributed by atoms with Crippen LogP contribution in [0, 0.1) is 0 Å². The Bertz CT molecular complexity index is 939. The number of para-hydroxylation sites is 2. The number of nitrogens with one attached hydrogen (secondary N) is 3. The molecule has 3 aromatic rings. The molecule has 0 radical (unpaired) electrons. The number of carbonyl (C=O) groups excluding carboxylic acids is 2. The molecule has 110 valence electrons. The average molecular weight is 296 g/mol. The third kappa shape index (κ3) is 2.35. The molecule has 1 heterocycles. The van der Waals surface area contributed by atoms with Crippen LogP contribution in [0.2, 0.25) is 0 Å². The summed E-state index contributed by atoms with van der Waals surface area (Å²) < 4.78 is 0. The minimum atomic E-state index is -0.635. The first kappa shape index (κ1) is 13.6. The lowest BCUT2D eigenvalue weighted by Gasteiger charge is -2.09. The first-order chi connectivity index (χ1) is 10.6. The first-order valence-corrected chi connectivity index (χ1v) is 6.47. The zero-order valence-corrected chi connectivity index (χ0v) is 11.3. The lowest BCUT2D eigenvalue weighted by Crippen LogP contribution is -2.18. The Morgan fingerprint density at radius 1 is 0.955 bits per heavy atom. The van der Waals surface area contributed by atoms with E-state index in [0.29, 0.717) is 16.7 Å². The van der Waals surface area contributed by atoms with Gasteiger partial charge in [0.25, 0.3) is 11.8 Å². The summed E-state index contributed by atoms with van der Waals surface area (Å²) >= 11 is 0. The van der Waals surface area contributed by atoms with E-state index in [4.69, 9.17) is 5.73 Å². The molecular weight excluding hydrogens is 284 g/mol. The molecule has 0 spiro atoms. The highest BCUT2D eigenvalue weighted by Crippen LogP contribution is 2.18. The second kappa shape index (κ2) is 5.21. The summed E-state index contributed by atoms with van der Waals surface area (Å²) in [4.78, 5) is 40.3. The number of imidazole rings is 1. The van der Waals surface area contributed by atoms with Gasteiger partial charge in [-0.25, -0.2) is 4.79 Å². The molecule has 1 aromatic heterocycles. The van der Waals surface area contributed by atoms with E-state index in [9.17, 15) is 14.4 Å². The quantitative estimate of drug-likeness (QED) is 0.581. The Balaban J connectivity index is 2.01. The van der Waals surface area contributed by atoms with Crippen molar-refractivity contribution in [3.8, 4) is 0 Å². The van der Waals surface area contributed by atoms with E-state index in [-0.39, 0.29) is 11.1 Å². The number of primary amides is 1. The lowest BCUT2D eigenvalue weighted by molar-refractivity contribution is 0.100. The molecule has 3 rings (SSSR count). The molecule has 0 saturated carbocycles. The Kier molecular flexibility index (Phi) is 3.23. The molecule has 2 amide bonds. The standard InChI is InChI=1S/C15H12N4O3/c16-13(20)8-4-1-2-6-10(8)17-14(21)9-5-3-7-11-12(9)19-15(22)18-11/h1-7H,(H2,16,20)(H,17,21)(H2,18,19,22).